The molecule has 0 bridgehead atoms. The van der Waals surface area contributed by atoms with Gasteiger partial charge in [-0.25, -0.2) is 12.8 Å². The molecule has 0 radical (unpaired) electrons. The molecule has 11 heteroatoms. The van der Waals surface area contributed by atoms with Crippen LogP contribution >= 0.6 is 0 Å². The Labute approximate surface area is 264 Å². The minimum Gasteiger partial charge on any atom is -0.486 e. The second-order valence-corrected chi connectivity index (χ2v) is 13.6. The van der Waals surface area contributed by atoms with Crippen LogP contribution in [0, 0.1) is 5.82 Å². The van der Waals surface area contributed by atoms with Gasteiger partial charge in [0.2, 0.25) is 21.8 Å². The molecule has 2 aliphatic rings. The molecule has 1 atom stereocenters. The maximum atomic E-state index is 14.4. The van der Waals surface area contributed by atoms with Crippen LogP contribution in [-0.2, 0) is 32.6 Å². The smallest absolute Gasteiger partial charge is 0.244 e. The Bertz CT molecular complexity index is 1560. The quantitative estimate of drug-likeness (QED) is 0.305. The van der Waals surface area contributed by atoms with E-state index in [1.807, 2.05) is 30.3 Å². The number of rotatable bonds is 12. The fraction of sp³-hybridized carbons (Fsp3) is 0.412. The van der Waals surface area contributed by atoms with Crippen molar-refractivity contribution in [1.29, 1.82) is 0 Å². The lowest BCUT2D eigenvalue weighted by molar-refractivity contribution is -0.140. The Kier molecular flexibility index (Phi) is 10.6. The van der Waals surface area contributed by atoms with Crippen molar-refractivity contribution in [3.05, 3.63) is 89.7 Å². The number of carbonyl (C=O) groups excluding carboxylic acids is 2. The number of ether oxygens (including phenoxy) is 2. The van der Waals surface area contributed by atoms with Crippen molar-refractivity contribution in [3.8, 4) is 11.5 Å². The van der Waals surface area contributed by atoms with Crippen LogP contribution in [-0.4, -0.2) is 62.7 Å². The molecule has 9 nitrogen and oxygen atoms in total. The van der Waals surface area contributed by atoms with E-state index in [0.29, 0.717) is 30.3 Å². The van der Waals surface area contributed by atoms with Gasteiger partial charge in [0.25, 0.3) is 0 Å². The summed E-state index contributed by atoms with van der Waals surface area (Å²) in [6.45, 7) is 1.65. The number of benzene rings is 3. The lowest BCUT2D eigenvalue weighted by Gasteiger charge is -2.35. The molecule has 0 unspecified atom stereocenters. The number of nitrogens with one attached hydrogen (secondary N) is 1. The average Bonchev–Trinajstić information content (AvgIpc) is 3.06. The summed E-state index contributed by atoms with van der Waals surface area (Å²) >= 11 is 0. The Morgan fingerprint density at radius 2 is 1.60 bits per heavy atom. The lowest BCUT2D eigenvalue weighted by atomic mass is 9.94. The van der Waals surface area contributed by atoms with Gasteiger partial charge in [-0.1, -0.05) is 61.7 Å². The molecule has 45 heavy (non-hydrogen) atoms. The third-order valence-electron chi connectivity index (χ3n) is 8.28. The Hall–Kier alpha value is -4.12. The van der Waals surface area contributed by atoms with Gasteiger partial charge in [0.05, 0.1) is 11.4 Å². The van der Waals surface area contributed by atoms with Crippen LogP contribution in [0.1, 0.15) is 50.2 Å². The molecule has 1 aliphatic heterocycles. The van der Waals surface area contributed by atoms with Crippen molar-refractivity contribution in [3.63, 3.8) is 0 Å². The van der Waals surface area contributed by atoms with Crippen LogP contribution in [0.3, 0.4) is 0 Å². The largest absolute Gasteiger partial charge is 0.486 e. The fourth-order valence-corrected chi connectivity index (χ4v) is 6.85. The Morgan fingerprint density at radius 1 is 0.911 bits per heavy atom. The van der Waals surface area contributed by atoms with Gasteiger partial charge in [0.15, 0.2) is 11.5 Å². The van der Waals surface area contributed by atoms with Gasteiger partial charge < -0.3 is 19.7 Å². The highest BCUT2D eigenvalue weighted by Crippen LogP contribution is 2.35. The summed E-state index contributed by atoms with van der Waals surface area (Å²) in [4.78, 5) is 29.9. The zero-order valence-corrected chi connectivity index (χ0v) is 26.3. The molecule has 1 fully saturated rings. The van der Waals surface area contributed by atoms with Crippen LogP contribution in [0.15, 0.2) is 72.8 Å². The summed E-state index contributed by atoms with van der Waals surface area (Å²) in [5.74, 6) is -0.657. The van der Waals surface area contributed by atoms with E-state index in [2.05, 4.69) is 5.32 Å². The molecule has 1 saturated carbocycles. The molecule has 5 rings (SSSR count). The van der Waals surface area contributed by atoms with Crippen molar-refractivity contribution in [2.75, 3.05) is 29.8 Å². The van der Waals surface area contributed by atoms with Crippen molar-refractivity contribution in [2.45, 2.75) is 64.1 Å². The minimum atomic E-state index is -3.94. The number of amides is 2. The van der Waals surface area contributed by atoms with E-state index >= 15 is 0 Å². The molecule has 0 spiro atoms. The predicted molar refractivity (Wildman–Crippen MR) is 170 cm³/mol. The molecule has 1 aliphatic carbocycles. The maximum Gasteiger partial charge on any atom is 0.244 e. The van der Waals surface area contributed by atoms with Gasteiger partial charge in [0, 0.05) is 25.1 Å². The van der Waals surface area contributed by atoms with Gasteiger partial charge >= 0.3 is 0 Å². The molecule has 3 aromatic carbocycles. The number of anilines is 1. The Morgan fingerprint density at radius 3 is 2.29 bits per heavy atom. The third-order valence-corrected chi connectivity index (χ3v) is 10.0. The molecule has 2 amide bonds. The standard InChI is InChI=1S/C34H40FN3O6S/c1-2-45(41,42)38(29-17-18-31-32(22-29)44-20-19-43-31)24-33(39)37(23-26-13-15-27(35)16-14-26)30(21-25-9-5-3-6-10-25)34(40)36-28-11-7-4-8-12-28/h3,5-6,9-10,13-18,22,28,30H,2,4,7-8,11-12,19-21,23-24H2,1H3,(H,36,40)/t30-/m0/s1. The average molecular weight is 638 g/mol. The third kappa shape index (κ3) is 8.33. The lowest BCUT2D eigenvalue weighted by Crippen LogP contribution is -2.55. The first-order chi connectivity index (χ1) is 21.7. The van der Waals surface area contributed by atoms with Crippen molar-refractivity contribution < 1.29 is 31.9 Å². The van der Waals surface area contributed by atoms with Crippen molar-refractivity contribution in [2.24, 2.45) is 0 Å². The highest BCUT2D eigenvalue weighted by molar-refractivity contribution is 7.92. The molecular weight excluding hydrogens is 597 g/mol. The van der Waals surface area contributed by atoms with Crippen LogP contribution in [0.4, 0.5) is 10.1 Å². The van der Waals surface area contributed by atoms with Gasteiger partial charge in [-0.15, -0.1) is 0 Å². The second-order valence-electron chi connectivity index (χ2n) is 11.4. The summed E-state index contributed by atoms with van der Waals surface area (Å²) in [5, 5.41) is 3.17. The summed E-state index contributed by atoms with van der Waals surface area (Å²) in [7, 11) is -3.94. The zero-order chi connectivity index (χ0) is 31.8. The summed E-state index contributed by atoms with van der Waals surface area (Å²) in [6, 6.07) is 18.9. The summed E-state index contributed by atoms with van der Waals surface area (Å²) in [6.07, 6.45) is 5.11. The second kappa shape index (κ2) is 14.8. The van der Waals surface area contributed by atoms with E-state index in [4.69, 9.17) is 9.47 Å². The molecule has 1 N–H and O–H groups in total. The molecule has 0 saturated heterocycles. The van der Waals surface area contributed by atoms with E-state index < -0.39 is 34.3 Å². The highest BCUT2D eigenvalue weighted by atomic mass is 32.2. The monoisotopic (exact) mass is 637 g/mol. The van der Waals surface area contributed by atoms with E-state index in [1.54, 1.807) is 30.3 Å². The number of hydrogen-bond acceptors (Lipinski definition) is 6. The molecular formula is C34H40FN3O6S. The summed E-state index contributed by atoms with van der Waals surface area (Å²) in [5.41, 5.74) is 1.71. The highest BCUT2D eigenvalue weighted by Gasteiger charge is 2.35. The van der Waals surface area contributed by atoms with Gasteiger partial charge in [-0.2, -0.15) is 0 Å². The topological polar surface area (TPSA) is 105 Å². The fourth-order valence-electron chi connectivity index (χ4n) is 5.79. The van der Waals surface area contributed by atoms with Crippen molar-refractivity contribution >= 4 is 27.5 Å². The first-order valence-electron chi connectivity index (χ1n) is 15.5. The van der Waals surface area contributed by atoms with Crippen LogP contribution in [0.25, 0.3) is 0 Å². The maximum absolute atomic E-state index is 14.4. The number of carbonyl (C=O) groups is 2. The minimum absolute atomic E-state index is 0.00183. The SMILES string of the molecule is CCS(=O)(=O)N(CC(=O)N(Cc1ccc(F)cc1)[C@@H](Cc1ccccc1)C(=O)NC1CCCCC1)c1ccc2c(c1)OCCO2. The number of fused-ring (bicyclic) bond motifs is 1. The van der Waals surface area contributed by atoms with E-state index in [0.717, 1.165) is 42.0 Å². The number of sulfonamides is 1. The number of halogens is 1. The van der Waals surface area contributed by atoms with Gasteiger partial charge in [-0.3, -0.25) is 13.9 Å². The molecule has 1 heterocycles. The normalized spacial score (nSPS) is 15.6. The van der Waals surface area contributed by atoms with Gasteiger partial charge in [-0.05, 0) is 55.2 Å². The zero-order valence-electron chi connectivity index (χ0n) is 25.5. The summed E-state index contributed by atoms with van der Waals surface area (Å²) < 4.78 is 53.1. The molecule has 240 valence electrons. The van der Waals surface area contributed by atoms with E-state index in [-0.39, 0.29) is 36.4 Å². The van der Waals surface area contributed by atoms with Crippen molar-refractivity contribution in [1.82, 2.24) is 10.2 Å². The first kappa shape index (κ1) is 32.3. The molecule has 3 aromatic rings. The first-order valence-corrected chi connectivity index (χ1v) is 17.1. The Balaban J connectivity index is 1.51. The van der Waals surface area contributed by atoms with Gasteiger partial charge in [0.1, 0.15) is 31.6 Å². The number of nitrogens with zero attached hydrogens (tertiary/aromatic N) is 2. The van der Waals surface area contributed by atoms with E-state index in [1.165, 1.54) is 24.0 Å². The van der Waals surface area contributed by atoms with Crippen LogP contribution < -0.4 is 19.1 Å². The van der Waals surface area contributed by atoms with Crippen LogP contribution in [0.2, 0.25) is 0 Å². The molecule has 0 aromatic heterocycles. The van der Waals surface area contributed by atoms with E-state index in [9.17, 15) is 22.4 Å². The predicted octanol–water partition coefficient (Wildman–Crippen LogP) is 4.84. The number of hydrogen-bond donors (Lipinski definition) is 1. The van der Waals surface area contributed by atoms with Crippen LogP contribution in [0.5, 0.6) is 11.5 Å².